The summed E-state index contributed by atoms with van der Waals surface area (Å²) in [7, 11) is -4.07. The summed E-state index contributed by atoms with van der Waals surface area (Å²) in [6, 6.07) is 15.6. The molecule has 26 heavy (non-hydrogen) atoms. The highest BCUT2D eigenvalue weighted by atomic mass is 32.3. The van der Waals surface area contributed by atoms with Crippen LogP contribution in [0.4, 0.5) is 4.79 Å². The van der Waals surface area contributed by atoms with Crippen molar-refractivity contribution in [1.82, 2.24) is 5.32 Å². The minimum absolute atomic E-state index is 0.0218. The Morgan fingerprint density at radius 1 is 1.04 bits per heavy atom. The SMILES string of the molecule is Cc1ccc(S(=O)(=O)C2(C/C=C/c3ccccc3)SC(=O)NC2=O)cc1. The molecule has 1 heterocycles. The number of hydrogen-bond acceptors (Lipinski definition) is 5. The van der Waals surface area contributed by atoms with Gasteiger partial charge in [-0.1, -0.05) is 60.2 Å². The molecule has 1 saturated heterocycles. The zero-order valence-corrected chi connectivity index (χ0v) is 15.6. The number of benzene rings is 2. The lowest BCUT2D eigenvalue weighted by Gasteiger charge is -2.23. The van der Waals surface area contributed by atoms with Crippen LogP contribution in [0, 0.1) is 6.92 Å². The van der Waals surface area contributed by atoms with Crippen LogP contribution in [0.25, 0.3) is 6.08 Å². The Bertz CT molecular complexity index is 966. The van der Waals surface area contributed by atoms with E-state index in [2.05, 4.69) is 5.32 Å². The van der Waals surface area contributed by atoms with Crippen molar-refractivity contribution in [3.63, 3.8) is 0 Å². The summed E-state index contributed by atoms with van der Waals surface area (Å²) in [5, 5.41) is 1.46. The molecule has 7 heteroatoms. The molecule has 1 fully saturated rings. The number of hydrogen-bond donors (Lipinski definition) is 1. The molecule has 0 aromatic heterocycles. The van der Waals surface area contributed by atoms with Crippen LogP contribution in [0.3, 0.4) is 0 Å². The number of carbonyl (C=O) groups is 2. The fourth-order valence-electron chi connectivity index (χ4n) is 2.65. The lowest BCUT2D eigenvalue weighted by Crippen LogP contribution is -2.43. The van der Waals surface area contributed by atoms with E-state index in [0.29, 0.717) is 11.8 Å². The van der Waals surface area contributed by atoms with Crippen LogP contribution < -0.4 is 5.32 Å². The molecule has 1 unspecified atom stereocenters. The van der Waals surface area contributed by atoms with E-state index in [0.717, 1.165) is 11.1 Å². The second-order valence-electron chi connectivity index (χ2n) is 5.93. The third kappa shape index (κ3) is 3.32. The number of allylic oxidation sites excluding steroid dienone is 1. The van der Waals surface area contributed by atoms with Crippen molar-refractivity contribution in [3.05, 3.63) is 71.8 Å². The van der Waals surface area contributed by atoms with Gasteiger partial charge >= 0.3 is 0 Å². The Labute approximate surface area is 156 Å². The van der Waals surface area contributed by atoms with Gasteiger partial charge in [0.05, 0.1) is 4.90 Å². The van der Waals surface area contributed by atoms with Crippen LogP contribution in [-0.2, 0) is 14.6 Å². The van der Waals surface area contributed by atoms with Crippen molar-refractivity contribution < 1.29 is 18.0 Å². The van der Waals surface area contributed by atoms with Gasteiger partial charge < -0.3 is 0 Å². The van der Waals surface area contributed by atoms with E-state index in [1.807, 2.05) is 37.3 Å². The molecule has 2 aromatic rings. The predicted molar refractivity (Wildman–Crippen MR) is 102 cm³/mol. The maximum absolute atomic E-state index is 13.2. The zero-order valence-electron chi connectivity index (χ0n) is 14.0. The van der Waals surface area contributed by atoms with Crippen LogP contribution in [0.15, 0.2) is 65.6 Å². The molecule has 0 saturated carbocycles. The summed E-state index contributed by atoms with van der Waals surface area (Å²) < 4.78 is 24.5. The van der Waals surface area contributed by atoms with Gasteiger partial charge in [-0.25, -0.2) is 8.42 Å². The predicted octanol–water partition coefficient (Wildman–Crippen LogP) is 3.55. The van der Waals surface area contributed by atoms with Crippen molar-refractivity contribution in [1.29, 1.82) is 0 Å². The van der Waals surface area contributed by atoms with Gasteiger partial charge in [-0.05, 0) is 36.4 Å². The largest absolute Gasteiger partial charge is 0.287 e. The topological polar surface area (TPSA) is 80.3 Å². The van der Waals surface area contributed by atoms with E-state index in [4.69, 9.17) is 0 Å². The molecule has 1 aliphatic heterocycles. The number of rotatable bonds is 5. The normalized spacial score (nSPS) is 20.5. The Morgan fingerprint density at radius 2 is 1.69 bits per heavy atom. The quantitative estimate of drug-likeness (QED) is 0.849. The van der Waals surface area contributed by atoms with E-state index >= 15 is 0 Å². The van der Waals surface area contributed by atoms with Crippen molar-refractivity contribution in [2.24, 2.45) is 0 Å². The molecule has 0 spiro atoms. The third-order valence-corrected chi connectivity index (χ3v) is 8.07. The van der Waals surface area contributed by atoms with E-state index in [1.165, 1.54) is 12.1 Å². The maximum Gasteiger partial charge on any atom is 0.287 e. The first-order chi connectivity index (χ1) is 12.3. The maximum atomic E-state index is 13.2. The van der Waals surface area contributed by atoms with Crippen LogP contribution in [0.2, 0.25) is 0 Å². The Morgan fingerprint density at radius 3 is 2.27 bits per heavy atom. The summed E-state index contributed by atoms with van der Waals surface area (Å²) in [6.07, 6.45) is 3.25. The highest BCUT2D eigenvalue weighted by Gasteiger charge is 2.57. The molecule has 1 atom stereocenters. The molecule has 3 rings (SSSR count). The molecule has 1 N–H and O–H groups in total. The number of aryl methyl sites for hydroxylation is 1. The number of thioether (sulfide) groups is 1. The molecule has 134 valence electrons. The fourth-order valence-corrected chi connectivity index (χ4v) is 5.86. The van der Waals surface area contributed by atoms with Crippen molar-refractivity contribution >= 4 is 38.8 Å². The first kappa shape index (κ1) is 18.4. The number of sulfone groups is 1. The summed E-state index contributed by atoms with van der Waals surface area (Å²) in [4.78, 5) is 24.3. The van der Waals surface area contributed by atoms with Gasteiger partial charge in [0.15, 0.2) is 0 Å². The Kier molecular flexibility index (Phi) is 5.02. The molecule has 2 amide bonds. The minimum Gasteiger partial charge on any atom is -0.285 e. The number of carbonyl (C=O) groups excluding carboxylic acids is 2. The van der Waals surface area contributed by atoms with Gasteiger partial charge in [0.2, 0.25) is 13.9 Å². The van der Waals surface area contributed by atoms with Crippen molar-refractivity contribution in [2.45, 2.75) is 22.3 Å². The summed E-state index contributed by atoms with van der Waals surface area (Å²) >= 11 is 0.523. The second kappa shape index (κ2) is 7.09. The average molecular weight is 387 g/mol. The fraction of sp³-hybridized carbons (Fsp3) is 0.158. The van der Waals surface area contributed by atoms with Gasteiger partial charge in [-0.3, -0.25) is 14.9 Å². The van der Waals surface area contributed by atoms with Crippen LogP contribution in [0.1, 0.15) is 17.5 Å². The summed E-state index contributed by atoms with van der Waals surface area (Å²) in [5.74, 6) is -0.800. The lowest BCUT2D eigenvalue weighted by atomic mass is 10.2. The lowest BCUT2D eigenvalue weighted by molar-refractivity contribution is -0.119. The average Bonchev–Trinajstić information content (AvgIpc) is 2.91. The second-order valence-corrected chi connectivity index (χ2v) is 9.64. The number of amides is 2. The Hall–Kier alpha value is -2.38. The highest BCUT2D eigenvalue weighted by molar-refractivity contribution is 8.25. The third-order valence-electron chi connectivity index (χ3n) is 4.08. The number of imide groups is 1. The smallest absolute Gasteiger partial charge is 0.285 e. The molecule has 5 nitrogen and oxygen atoms in total. The van der Waals surface area contributed by atoms with Gasteiger partial charge in [0.25, 0.3) is 11.1 Å². The van der Waals surface area contributed by atoms with Crippen LogP contribution in [0.5, 0.6) is 0 Å². The molecule has 2 aromatic carbocycles. The summed E-state index contributed by atoms with van der Waals surface area (Å²) in [6.45, 7) is 1.84. The molecular formula is C19H17NO4S2. The Balaban J connectivity index is 2.00. The van der Waals surface area contributed by atoms with Crippen molar-refractivity contribution in [3.8, 4) is 0 Å². The van der Waals surface area contributed by atoms with Gasteiger partial charge in [0, 0.05) is 6.42 Å². The van der Waals surface area contributed by atoms with Crippen LogP contribution in [-0.4, -0.2) is 23.6 Å². The molecule has 0 bridgehead atoms. The van der Waals surface area contributed by atoms with Crippen LogP contribution >= 0.6 is 11.8 Å². The standard InChI is InChI=1S/C19H17NO4S2/c1-14-9-11-16(12-10-14)26(23,24)19(17(21)20-18(22)25-19)13-5-8-15-6-3-2-4-7-15/h2-12H,13H2,1H3,(H,20,21,22)/b8-5+. The number of nitrogens with one attached hydrogen (secondary N) is 1. The monoisotopic (exact) mass is 387 g/mol. The van der Waals surface area contributed by atoms with E-state index in [1.54, 1.807) is 24.3 Å². The molecule has 1 aliphatic rings. The first-order valence-electron chi connectivity index (χ1n) is 7.92. The van der Waals surface area contributed by atoms with Gasteiger partial charge in [-0.15, -0.1) is 0 Å². The van der Waals surface area contributed by atoms with Crippen molar-refractivity contribution in [2.75, 3.05) is 0 Å². The summed E-state index contributed by atoms with van der Waals surface area (Å²) in [5.41, 5.74) is 1.78. The molecule has 0 radical (unpaired) electrons. The van der Waals surface area contributed by atoms with Gasteiger partial charge in [0.1, 0.15) is 0 Å². The molecule has 0 aliphatic carbocycles. The van der Waals surface area contributed by atoms with Gasteiger partial charge in [-0.2, -0.15) is 0 Å². The molecular weight excluding hydrogens is 370 g/mol. The first-order valence-corrected chi connectivity index (χ1v) is 10.2. The highest BCUT2D eigenvalue weighted by Crippen LogP contribution is 2.43. The van der Waals surface area contributed by atoms with E-state index in [9.17, 15) is 18.0 Å². The zero-order chi connectivity index (χ0) is 18.8. The minimum atomic E-state index is -4.07. The van der Waals surface area contributed by atoms with E-state index in [-0.39, 0.29) is 11.3 Å². The van der Waals surface area contributed by atoms with E-state index < -0.39 is 25.1 Å².